The van der Waals surface area contributed by atoms with Crippen LogP contribution in [-0.2, 0) is 0 Å². The number of nitrogens with one attached hydrogen (secondary N) is 1. The largest absolute Gasteiger partial charge is 0.354 e. The number of amides is 1. The van der Waals surface area contributed by atoms with Gasteiger partial charge in [-0.25, -0.2) is 4.68 Å². The SMILES string of the molecule is CNC(=O)c1cc(C)n(-c2cc(C)cc(C)c2)n1. The number of aryl methyl sites for hydroxylation is 3. The summed E-state index contributed by atoms with van der Waals surface area (Å²) < 4.78 is 1.80. The summed E-state index contributed by atoms with van der Waals surface area (Å²) in [5.74, 6) is -0.166. The van der Waals surface area contributed by atoms with Crippen molar-refractivity contribution in [3.8, 4) is 5.69 Å². The van der Waals surface area contributed by atoms with Crippen LogP contribution >= 0.6 is 0 Å². The highest BCUT2D eigenvalue weighted by molar-refractivity contribution is 5.92. The Morgan fingerprint density at radius 1 is 1.11 bits per heavy atom. The molecular weight excluding hydrogens is 226 g/mol. The van der Waals surface area contributed by atoms with Crippen molar-refractivity contribution in [3.63, 3.8) is 0 Å². The summed E-state index contributed by atoms with van der Waals surface area (Å²) in [6.07, 6.45) is 0. The third-order valence-electron chi connectivity index (χ3n) is 2.80. The van der Waals surface area contributed by atoms with E-state index in [9.17, 15) is 4.79 Å². The average molecular weight is 243 g/mol. The van der Waals surface area contributed by atoms with Crippen molar-refractivity contribution >= 4 is 5.91 Å². The first-order chi connectivity index (χ1) is 8.51. The Labute approximate surface area is 107 Å². The third kappa shape index (κ3) is 2.27. The van der Waals surface area contributed by atoms with Crippen LogP contribution in [0.4, 0.5) is 0 Å². The fraction of sp³-hybridized carbons (Fsp3) is 0.286. The van der Waals surface area contributed by atoms with E-state index in [1.807, 2.05) is 6.92 Å². The van der Waals surface area contributed by atoms with E-state index in [2.05, 4.69) is 42.5 Å². The molecule has 1 N–H and O–H groups in total. The molecule has 0 aliphatic heterocycles. The molecule has 0 fully saturated rings. The second-order valence-electron chi connectivity index (χ2n) is 4.51. The van der Waals surface area contributed by atoms with Crippen LogP contribution in [0.25, 0.3) is 5.69 Å². The highest BCUT2D eigenvalue weighted by atomic mass is 16.1. The zero-order valence-corrected chi connectivity index (χ0v) is 11.1. The molecule has 4 nitrogen and oxygen atoms in total. The number of hydrogen-bond acceptors (Lipinski definition) is 2. The summed E-state index contributed by atoms with van der Waals surface area (Å²) in [4.78, 5) is 11.6. The summed E-state index contributed by atoms with van der Waals surface area (Å²) in [6.45, 7) is 6.04. The molecule has 1 amide bonds. The number of aromatic nitrogens is 2. The van der Waals surface area contributed by atoms with Gasteiger partial charge in [-0.3, -0.25) is 4.79 Å². The quantitative estimate of drug-likeness (QED) is 0.878. The van der Waals surface area contributed by atoms with Crippen LogP contribution in [0.15, 0.2) is 24.3 Å². The number of benzene rings is 1. The molecule has 94 valence electrons. The summed E-state index contributed by atoms with van der Waals surface area (Å²) in [5.41, 5.74) is 4.73. The predicted octanol–water partition coefficient (Wildman–Crippen LogP) is 2.16. The van der Waals surface area contributed by atoms with E-state index in [1.54, 1.807) is 17.8 Å². The van der Waals surface area contributed by atoms with Gasteiger partial charge in [0.05, 0.1) is 5.69 Å². The van der Waals surface area contributed by atoms with Gasteiger partial charge in [0, 0.05) is 12.7 Å². The number of nitrogens with zero attached hydrogens (tertiary/aromatic N) is 2. The molecule has 4 heteroatoms. The Morgan fingerprint density at radius 3 is 2.28 bits per heavy atom. The number of rotatable bonds is 2. The molecule has 0 spiro atoms. The molecule has 0 saturated heterocycles. The highest BCUT2D eigenvalue weighted by Gasteiger charge is 2.11. The van der Waals surface area contributed by atoms with Gasteiger partial charge in [0.25, 0.3) is 5.91 Å². The van der Waals surface area contributed by atoms with Crippen molar-refractivity contribution in [2.75, 3.05) is 7.05 Å². The molecule has 18 heavy (non-hydrogen) atoms. The molecule has 0 aliphatic rings. The monoisotopic (exact) mass is 243 g/mol. The lowest BCUT2D eigenvalue weighted by Crippen LogP contribution is -2.18. The third-order valence-corrected chi connectivity index (χ3v) is 2.80. The number of carbonyl (C=O) groups excluding carboxylic acids is 1. The summed E-state index contributed by atoms with van der Waals surface area (Å²) in [5, 5.41) is 6.92. The Kier molecular flexibility index (Phi) is 3.19. The van der Waals surface area contributed by atoms with E-state index in [0.29, 0.717) is 5.69 Å². The molecular formula is C14H17N3O. The number of hydrogen-bond donors (Lipinski definition) is 1. The molecule has 0 radical (unpaired) electrons. The Bertz CT molecular complexity index is 579. The van der Waals surface area contributed by atoms with Crippen LogP contribution < -0.4 is 5.32 Å². The average Bonchev–Trinajstić information content (AvgIpc) is 2.69. The van der Waals surface area contributed by atoms with Crippen LogP contribution in [-0.4, -0.2) is 22.7 Å². The summed E-state index contributed by atoms with van der Waals surface area (Å²) >= 11 is 0. The van der Waals surface area contributed by atoms with E-state index in [0.717, 1.165) is 11.4 Å². The first-order valence-electron chi connectivity index (χ1n) is 5.88. The maximum absolute atomic E-state index is 11.6. The van der Waals surface area contributed by atoms with Gasteiger partial charge < -0.3 is 5.32 Å². The molecule has 2 rings (SSSR count). The summed E-state index contributed by atoms with van der Waals surface area (Å²) in [7, 11) is 1.60. The van der Waals surface area contributed by atoms with Crippen molar-refractivity contribution in [2.24, 2.45) is 0 Å². The van der Waals surface area contributed by atoms with E-state index in [1.165, 1.54) is 11.1 Å². The lowest BCUT2D eigenvalue weighted by Gasteiger charge is -2.07. The predicted molar refractivity (Wildman–Crippen MR) is 71.2 cm³/mol. The van der Waals surface area contributed by atoms with Gasteiger partial charge in [0.2, 0.25) is 0 Å². The Morgan fingerprint density at radius 2 is 1.72 bits per heavy atom. The Balaban J connectivity index is 2.50. The first-order valence-corrected chi connectivity index (χ1v) is 5.88. The molecule has 0 bridgehead atoms. The van der Waals surface area contributed by atoms with Gasteiger partial charge in [-0.2, -0.15) is 5.10 Å². The molecule has 1 aromatic heterocycles. The summed E-state index contributed by atoms with van der Waals surface area (Å²) in [6, 6.07) is 8.01. The minimum absolute atomic E-state index is 0.166. The van der Waals surface area contributed by atoms with E-state index in [4.69, 9.17) is 0 Å². The van der Waals surface area contributed by atoms with Crippen molar-refractivity contribution in [1.29, 1.82) is 0 Å². The molecule has 0 unspecified atom stereocenters. The molecule has 0 aliphatic carbocycles. The zero-order valence-electron chi connectivity index (χ0n) is 11.1. The minimum Gasteiger partial charge on any atom is -0.354 e. The standard InChI is InChI=1S/C14H17N3O/c1-9-5-10(2)7-12(6-9)17-11(3)8-13(16-17)14(18)15-4/h5-8H,1-4H3,(H,15,18). The zero-order chi connectivity index (χ0) is 13.3. The molecule has 0 atom stereocenters. The van der Waals surface area contributed by atoms with Gasteiger partial charge in [-0.1, -0.05) is 6.07 Å². The normalized spacial score (nSPS) is 10.4. The van der Waals surface area contributed by atoms with Crippen molar-refractivity contribution in [1.82, 2.24) is 15.1 Å². The fourth-order valence-corrected chi connectivity index (χ4v) is 2.05. The second kappa shape index (κ2) is 4.64. The van der Waals surface area contributed by atoms with Crippen molar-refractivity contribution in [2.45, 2.75) is 20.8 Å². The second-order valence-corrected chi connectivity index (χ2v) is 4.51. The van der Waals surface area contributed by atoms with Crippen LogP contribution in [0.3, 0.4) is 0 Å². The maximum Gasteiger partial charge on any atom is 0.271 e. The highest BCUT2D eigenvalue weighted by Crippen LogP contribution is 2.16. The lowest BCUT2D eigenvalue weighted by molar-refractivity contribution is 0.0957. The maximum atomic E-state index is 11.6. The van der Waals surface area contributed by atoms with Gasteiger partial charge >= 0.3 is 0 Å². The first kappa shape index (κ1) is 12.4. The molecule has 2 aromatic rings. The minimum atomic E-state index is -0.166. The fourth-order valence-electron chi connectivity index (χ4n) is 2.05. The topological polar surface area (TPSA) is 46.9 Å². The van der Waals surface area contributed by atoms with E-state index in [-0.39, 0.29) is 5.91 Å². The van der Waals surface area contributed by atoms with Crippen molar-refractivity contribution in [3.05, 3.63) is 46.8 Å². The number of carbonyl (C=O) groups is 1. The van der Waals surface area contributed by atoms with Gasteiger partial charge in [-0.15, -0.1) is 0 Å². The van der Waals surface area contributed by atoms with Crippen molar-refractivity contribution < 1.29 is 4.79 Å². The molecule has 1 aromatic carbocycles. The van der Waals surface area contributed by atoms with Gasteiger partial charge in [-0.05, 0) is 50.1 Å². The van der Waals surface area contributed by atoms with E-state index < -0.39 is 0 Å². The van der Waals surface area contributed by atoms with Crippen LogP contribution in [0.5, 0.6) is 0 Å². The van der Waals surface area contributed by atoms with Crippen LogP contribution in [0.2, 0.25) is 0 Å². The Hall–Kier alpha value is -2.10. The van der Waals surface area contributed by atoms with Gasteiger partial charge in [0.15, 0.2) is 5.69 Å². The lowest BCUT2D eigenvalue weighted by atomic mass is 10.1. The van der Waals surface area contributed by atoms with E-state index >= 15 is 0 Å². The molecule has 0 saturated carbocycles. The molecule has 1 heterocycles. The van der Waals surface area contributed by atoms with Crippen LogP contribution in [0, 0.1) is 20.8 Å². The van der Waals surface area contributed by atoms with Gasteiger partial charge in [0.1, 0.15) is 0 Å². The smallest absolute Gasteiger partial charge is 0.271 e. The van der Waals surface area contributed by atoms with Crippen LogP contribution in [0.1, 0.15) is 27.3 Å².